The SMILES string of the molecule is O=C(Cc1ccc([N+](=O)[O-])cc1)NOCc1ccccc1. The van der Waals surface area contributed by atoms with Crippen LogP contribution in [0.3, 0.4) is 0 Å². The molecule has 1 amide bonds. The zero-order chi connectivity index (χ0) is 15.1. The van der Waals surface area contributed by atoms with Crippen molar-refractivity contribution in [2.45, 2.75) is 13.0 Å². The third-order valence-corrected chi connectivity index (χ3v) is 2.78. The van der Waals surface area contributed by atoms with Gasteiger partial charge in [0.15, 0.2) is 0 Å². The molecule has 0 spiro atoms. The van der Waals surface area contributed by atoms with Crippen LogP contribution >= 0.6 is 0 Å². The fraction of sp³-hybridized carbons (Fsp3) is 0.133. The number of carbonyl (C=O) groups excluding carboxylic acids is 1. The Hall–Kier alpha value is -2.73. The summed E-state index contributed by atoms with van der Waals surface area (Å²) in [6, 6.07) is 15.3. The van der Waals surface area contributed by atoms with Crippen LogP contribution in [0.5, 0.6) is 0 Å². The summed E-state index contributed by atoms with van der Waals surface area (Å²) < 4.78 is 0. The molecule has 6 heteroatoms. The quantitative estimate of drug-likeness (QED) is 0.653. The zero-order valence-electron chi connectivity index (χ0n) is 11.2. The maximum absolute atomic E-state index is 11.7. The highest BCUT2D eigenvalue weighted by Gasteiger charge is 2.07. The molecule has 0 unspecified atom stereocenters. The minimum absolute atomic E-state index is 0.000476. The number of benzene rings is 2. The van der Waals surface area contributed by atoms with E-state index in [0.717, 1.165) is 5.56 Å². The molecule has 0 saturated heterocycles. The highest BCUT2D eigenvalue weighted by Crippen LogP contribution is 2.12. The van der Waals surface area contributed by atoms with Crippen LogP contribution in [-0.2, 0) is 22.7 Å². The Bertz CT molecular complexity index is 611. The number of hydrogen-bond donors (Lipinski definition) is 1. The van der Waals surface area contributed by atoms with Crippen LogP contribution in [0.1, 0.15) is 11.1 Å². The van der Waals surface area contributed by atoms with Crippen LogP contribution in [0.15, 0.2) is 54.6 Å². The first kappa shape index (κ1) is 14.7. The molecule has 0 aliphatic rings. The highest BCUT2D eigenvalue weighted by atomic mass is 16.6. The fourth-order valence-corrected chi connectivity index (χ4v) is 1.73. The summed E-state index contributed by atoms with van der Waals surface area (Å²) in [5.41, 5.74) is 3.98. The first-order valence-electron chi connectivity index (χ1n) is 6.33. The van der Waals surface area contributed by atoms with E-state index in [1.165, 1.54) is 12.1 Å². The number of rotatable bonds is 6. The number of amides is 1. The number of nitrogens with one attached hydrogen (secondary N) is 1. The number of non-ortho nitro benzene ring substituents is 1. The molecule has 0 radical (unpaired) electrons. The molecule has 0 atom stereocenters. The smallest absolute Gasteiger partial charge is 0.269 e. The van der Waals surface area contributed by atoms with Crippen molar-refractivity contribution in [3.8, 4) is 0 Å². The van der Waals surface area contributed by atoms with Gasteiger partial charge in [-0.25, -0.2) is 5.48 Å². The average Bonchev–Trinajstić information content (AvgIpc) is 2.49. The Morgan fingerprint density at radius 2 is 1.71 bits per heavy atom. The van der Waals surface area contributed by atoms with Gasteiger partial charge >= 0.3 is 0 Å². The minimum atomic E-state index is -0.479. The van der Waals surface area contributed by atoms with Crippen LogP contribution < -0.4 is 5.48 Å². The zero-order valence-corrected chi connectivity index (χ0v) is 11.2. The Labute approximate surface area is 121 Å². The second-order valence-corrected chi connectivity index (χ2v) is 4.40. The summed E-state index contributed by atoms with van der Waals surface area (Å²) in [5.74, 6) is -0.306. The molecule has 6 nitrogen and oxygen atoms in total. The average molecular weight is 286 g/mol. The van der Waals surface area contributed by atoms with Gasteiger partial charge in [-0.2, -0.15) is 0 Å². The number of carbonyl (C=O) groups is 1. The van der Waals surface area contributed by atoms with Gasteiger partial charge in [0.05, 0.1) is 18.0 Å². The lowest BCUT2D eigenvalue weighted by atomic mass is 10.1. The largest absolute Gasteiger partial charge is 0.272 e. The lowest BCUT2D eigenvalue weighted by molar-refractivity contribution is -0.384. The Morgan fingerprint density at radius 3 is 2.33 bits per heavy atom. The van der Waals surface area contributed by atoms with E-state index in [4.69, 9.17) is 4.84 Å². The van der Waals surface area contributed by atoms with Gasteiger partial charge in [0, 0.05) is 12.1 Å². The van der Waals surface area contributed by atoms with Crippen LogP contribution in [0.4, 0.5) is 5.69 Å². The summed E-state index contributed by atoms with van der Waals surface area (Å²) in [4.78, 5) is 26.8. The predicted molar refractivity (Wildman–Crippen MR) is 76.2 cm³/mol. The van der Waals surface area contributed by atoms with E-state index in [1.807, 2.05) is 30.3 Å². The van der Waals surface area contributed by atoms with E-state index in [1.54, 1.807) is 12.1 Å². The summed E-state index contributed by atoms with van der Waals surface area (Å²) in [5, 5.41) is 10.5. The second kappa shape index (κ2) is 7.16. The van der Waals surface area contributed by atoms with Gasteiger partial charge in [-0.05, 0) is 11.1 Å². The van der Waals surface area contributed by atoms with E-state index in [0.29, 0.717) is 5.56 Å². The van der Waals surface area contributed by atoms with Gasteiger partial charge in [0.2, 0.25) is 5.91 Å². The molecular formula is C15H14N2O4. The molecule has 108 valence electrons. The van der Waals surface area contributed by atoms with Crippen molar-refractivity contribution >= 4 is 11.6 Å². The molecule has 0 saturated carbocycles. The van der Waals surface area contributed by atoms with E-state index in [-0.39, 0.29) is 24.6 Å². The van der Waals surface area contributed by atoms with Gasteiger partial charge < -0.3 is 0 Å². The predicted octanol–water partition coefficient (Wildman–Crippen LogP) is 2.39. The number of nitro groups is 1. The van der Waals surface area contributed by atoms with Crippen molar-refractivity contribution < 1.29 is 14.6 Å². The molecular weight excluding hydrogens is 272 g/mol. The third-order valence-electron chi connectivity index (χ3n) is 2.78. The van der Waals surface area contributed by atoms with Crippen LogP contribution in [0.25, 0.3) is 0 Å². The first-order valence-corrected chi connectivity index (χ1v) is 6.33. The number of nitrogens with zero attached hydrogens (tertiary/aromatic N) is 1. The van der Waals surface area contributed by atoms with Crippen molar-refractivity contribution in [3.63, 3.8) is 0 Å². The second-order valence-electron chi connectivity index (χ2n) is 4.40. The molecule has 0 fully saturated rings. The van der Waals surface area contributed by atoms with E-state index in [9.17, 15) is 14.9 Å². The van der Waals surface area contributed by atoms with Crippen molar-refractivity contribution in [2.75, 3.05) is 0 Å². The van der Waals surface area contributed by atoms with Gasteiger partial charge in [-0.1, -0.05) is 42.5 Å². The van der Waals surface area contributed by atoms with Crippen molar-refractivity contribution in [3.05, 3.63) is 75.8 Å². The molecule has 2 aromatic rings. The summed E-state index contributed by atoms with van der Waals surface area (Å²) in [7, 11) is 0. The van der Waals surface area contributed by atoms with Crippen molar-refractivity contribution in [2.24, 2.45) is 0 Å². The fourth-order valence-electron chi connectivity index (χ4n) is 1.73. The van der Waals surface area contributed by atoms with Gasteiger partial charge in [0.25, 0.3) is 5.69 Å². The van der Waals surface area contributed by atoms with Crippen LogP contribution in [-0.4, -0.2) is 10.8 Å². The van der Waals surface area contributed by atoms with E-state index >= 15 is 0 Å². The first-order chi connectivity index (χ1) is 10.1. The number of nitro benzene ring substituents is 1. The molecule has 0 aliphatic carbocycles. The minimum Gasteiger partial charge on any atom is -0.272 e. The highest BCUT2D eigenvalue weighted by molar-refractivity contribution is 5.77. The normalized spacial score (nSPS) is 10.1. The lowest BCUT2D eigenvalue weighted by Gasteiger charge is -2.06. The molecule has 0 aromatic heterocycles. The molecule has 2 aromatic carbocycles. The maximum Gasteiger partial charge on any atom is 0.269 e. The Kier molecular flexibility index (Phi) is 5.00. The molecule has 0 heterocycles. The van der Waals surface area contributed by atoms with Gasteiger partial charge in [-0.3, -0.25) is 19.7 Å². The van der Waals surface area contributed by atoms with E-state index < -0.39 is 4.92 Å². The van der Waals surface area contributed by atoms with Gasteiger partial charge in [0.1, 0.15) is 0 Å². The van der Waals surface area contributed by atoms with Crippen LogP contribution in [0.2, 0.25) is 0 Å². The molecule has 1 N–H and O–H groups in total. The monoisotopic (exact) mass is 286 g/mol. The van der Waals surface area contributed by atoms with Crippen molar-refractivity contribution in [1.29, 1.82) is 0 Å². The Balaban J connectivity index is 1.78. The molecule has 0 bridgehead atoms. The van der Waals surface area contributed by atoms with Gasteiger partial charge in [-0.15, -0.1) is 0 Å². The van der Waals surface area contributed by atoms with Crippen LogP contribution in [0, 0.1) is 10.1 Å². The lowest BCUT2D eigenvalue weighted by Crippen LogP contribution is -2.25. The summed E-state index contributed by atoms with van der Waals surface area (Å²) >= 11 is 0. The number of hydrogen-bond acceptors (Lipinski definition) is 4. The number of hydroxylamine groups is 1. The Morgan fingerprint density at radius 1 is 1.05 bits per heavy atom. The van der Waals surface area contributed by atoms with E-state index in [2.05, 4.69) is 5.48 Å². The topological polar surface area (TPSA) is 81.5 Å². The summed E-state index contributed by atoms with van der Waals surface area (Å²) in [6.07, 6.45) is 0.104. The maximum atomic E-state index is 11.7. The summed E-state index contributed by atoms with van der Waals surface area (Å²) in [6.45, 7) is 0.285. The standard InChI is InChI=1S/C15H14N2O4/c18-15(16-21-11-13-4-2-1-3-5-13)10-12-6-8-14(9-7-12)17(19)20/h1-9H,10-11H2,(H,16,18). The molecule has 2 rings (SSSR count). The molecule has 21 heavy (non-hydrogen) atoms. The molecule has 0 aliphatic heterocycles. The van der Waals surface area contributed by atoms with Crippen molar-refractivity contribution in [1.82, 2.24) is 5.48 Å². The third kappa shape index (κ3) is 4.70.